The minimum Gasteiger partial charge on any atom is -0.396 e. The Bertz CT molecular complexity index is 381. The molecule has 0 heterocycles. The zero-order valence-electron chi connectivity index (χ0n) is 13.5. The van der Waals surface area contributed by atoms with Crippen LogP contribution in [0.15, 0.2) is 24.3 Å². The van der Waals surface area contributed by atoms with E-state index in [1.54, 1.807) is 47.0 Å². The van der Waals surface area contributed by atoms with Crippen LogP contribution in [0.25, 0.3) is 0 Å². The van der Waals surface area contributed by atoms with Crippen molar-refractivity contribution >= 4 is 47.0 Å². The van der Waals surface area contributed by atoms with Gasteiger partial charge in [-0.3, -0.25) is 0 Å². The van der Waals surface area contributed by atoms with Crippen molar-refractivity contribution in [2.75, 3.05) is 49.4 Å². The zero-order chi connectivity index (χ0) is 17.6. The SMILES string of the molecule is OCCSC(SCCO)c1ccccc1C(SCCO)SCCO. The van der Waals surface area contributed by atoms with E-state index in [9.17, 15) is 0 Å². The number of aliphatic hydroxyl groups excluding tert-OH is 4. The second kappa shape index (κ2) is 14.6. The molecule has 0 amide bonds. The molecule has 0 aliphatic carbocycles. The molecule has 0 atom stereocenters. The Morgan fingerprint density at radius 1 is 0.583 bits per heavy atom. The van der Waals surface area contributed by atoms with E-state index in [4.69, 9.17) is 20.4 Å². The van der Waals surface area contributed by atoms with Gasteiger partial charge in [-0.2, -0.15) is 0 Å². The quantitative estimate of drug-likeness (QED) is 0.349. The Morgan fingerprint density at radius 3 is 1.12 bits per heavy atom. The molecule has 0 saturated heterocycles. The summed E-state index contributed by atoms with van der Waals surface area (Å²) in [6.45, 7) is 0.520. The van der Waals surface area contributed by atoms with E-state index >= 15 is 0 Å². The minimum atomic E-state index is 0.130. The first-order valence-electron chi connectivity index (χ1n) is 7.77. The zero-order valence-corrected chi connectivity index (χ0v) is 16.8. The number of hydrogen-bond donors (Lipinski definition) is 4. The molecule has 0 aliphatic rings. The Labute approximate surface area is 161 Å². The normalized spacial score (nSPS) is 11.6. The van der Waals surface area contributed by atoms with E-state index in [0.717, 1.165) is 0 Å². The maximum Gasteiger partial charge on any atom is 0.0756 e. The van der Waals surface area contributed by atoms with Gasteiger partial charge in [-0.25, -0.2) is 0 Å². The van der Waals surface area contributed by atoms with Gasteiger partial charge >= 0.3 is 0 Å². The van der Waals surface area contributed by atoms with Crippen LogP contribution in [0, 0.1) is 0 Å². The van der Waals surface area contributed by atoms with Crippen LogP contribution in [0.5, 0.6) is 0 Å². The summed E-state index contributed by atoms with van der Waals surface area (Å²) in [6.07, 6.45) is 0. The highest BCUT2D eigenvalue weighted by Crippen LogP contribution is 2.47. The highest BCUT2D eigenvalue weighted by molar-refractivity contribution is 8.17. The van der Waals surface area contributed by atoms with Crippen LogP contribution >= 0.6 is 47.0 Å². The van der Waals surface area contributed by atoms with Gasteiger partial charge in [0.15, 0.2) is 0 Å². The van der Waals surface area contributed by atoms with Crippen molar-refractivity contribution in [3.63, 3.8) is 0 Å². The van der Waals surface area contributed by atoms with Crippen LogP contribution in [-0.2, 0) is 0 Å². The highest BCUT2D eigenvalue weighted by atomic mass is 32.2. The van der Waals surface area contributed by atoms with Crippen molar-refractivity contribution in [2.45, 2.75) is 9.16 Å². The molecular weight excluding hydrogens is 384 g/mol. The fourth-order valence-electron chi connectivity index (χ4n) is 2.03. The van der Waals surface area contributed by atoms with E-state index in [1.165, 1.54) is 11.1 Å². The lowest BCUT2D eigenvalue weighted by molar-refractivity contribution is 0.321. The number of hydrogen-bond acceptors (Lipinski definition) is 8. The third-order valence-electron chi connectivity index (χ3n) is 2.95. The smallest absolute Gasteiger partial charge is 0.0756 e. The van der Waals surface area contributed by atoms with Gasteiger partial charge in [0.05, 0.1) is 35.6 Å². The van der Waals surface area contributed by atoms with Crippen molar-refractivity contribution in [3.05, 3.63) is 35.4 Å². The summed E-state index contributed by atoms with van der Waals surface area (Å²) in [6, 6.07) is 8.21. The molecule has 0 saturated carbocycles. The molecule has 1 rings (SSSR count). The van der Waals surface area contributed by atoms with Gasteiger partial charge in [0.25, 0.3) is 0 Å². The second-order valence-electron chi connectivity index (χ2n) is 4.67. The number of benzene rings is 1. The second-order valence-corrected chi connectivity index (χ2v) is 10.1. The molecule has 0 aliphatic heterocycles. The summed E-state index contributed by atoms with van der Waals surface area (Å²) in [7, 11) is 0. The van der Waals surface area contributed by atoms with E-state index in [-0.39, 0.29) is 35.6 Å². The lowest BCUT2D eigenvalue weighted by Crippen LogP contribution is -2.04. The van der Waals surface area contributed by atoms with Crippen LogP contribution in [-0.4, -0.2) is 69.9 Å². The topological polar surface area (TPSA) is 80.9 Å². The van der Waals surface area contributed by atoms with Gasteiger partial charge in [0, 0.05) is 23.0 Å². The Balaban J connectivity index is 3.01. The van der Waals surface area contributed by atoms with E-state index in [0.29, 0.717) is 23.0 Å². The molecule has 24 heavy (non-hydrogen) atoms. The van der Waals surface area contributed by atoms with Crippen molar-refractivity contribution < 1.29 is 20.4 Å². The highest BCUT2D eigenvalue weighted by Gasteiger charge is 2.22. The predicted octanol–water partition coefficient (Wildman–Crippen LogP) is 2.59. The first kappa shape index (κ1) is 22.5. The van der Waals surface area contributed by atoms with Crippen LogP contribution in [0.1, 0.15) is 20.3 Å². The van der Waals surface area contributed by atoms with Gasteiger partial charge in [-0.15, -0.1) is 47.0 Å². The van der Waals surface area contributed by atoms with E-state index < -0.39 is 0 Å². The molecule has 0 bridgehead atoms. The Morgan fingerprint density at radius 2 is 0.875 bits per heavy atom. The third kappa shape index (κ3) is 8.23. The van der Waals surface area contributed by atoms with Gasteiger partial charge in [-0.1, -0.05) is 24.3 Å². The molecular formula is C16H26O4S4. The van der Waals surface area contributed by atoms with Gasteiger partial charge in [-0.05, 0) is 11.1 Å². The van der Waals surface area contributed by atoms with Crippen molar-refractivity contribution in [1.29, 1.82) is 0 Å². The number of rotatable bonds is 14. The first-order valence-corrected chi connectivity index (χ1v) is 12.0. The maximum absolute atomic E-state index is 9.15. The summed E-state index contributed by atoms with van der Waals surface area (Å²) in [5.74, 6) is 2.59. The average Bonchev–Trinajstić information content (AvgIpc) is 2.62. The lowest BCUT2D eigenvalue weighted by atomic mass is 10.1. The fourth-order valence-corrected chi connectivity index (χ4v) is 6.81. The lowest BCUT2D eigenvalue weighted by Gasteiger charge is -2.24. The van der Waals surface area contributed by atoms with Crippen LogP contribution in [0.4, 0.5) is 0 Å². The van der Waals surface area contributed by atoms with Gasteiger partial charge in [0.2, 0.25) is 0 Å². The third-order valence-corrected chi connectivity index (χ3v) is 8.48. The molecule has 4 nitrogen and oxygen atoms in total. The fraction of sp³-hybridized carbons (Fsp3) is 0.625. The average molecular weight is 411 g/mol. The number of thioether (sulfide) groups is 4. The number of aliphatic hydroxyl groups is 4. The summed E-state index contributed by atoms with van der Waals surface area (Å²) in [5.41, 5.74) is 2.38. The summed E-state index contributed by atoms with van der Waals surface area (Å²) in [5, 5.41) is 36.6. The molecule has 8 heteroatoms. The summed E-state index contributed by atoms with van der Waals surface area (Å²) >= 11 is 6.71. The summed E-state index contributed by atoms with van der Waals surface area (Å²) in [4.78, 5) is 0. The standard InChI is InChI=1S/C16H26O4S4/c17-5-9-21-15(22-10-6-18)13-3-1-2-4-14(13)16(23-11-7-19)24-12-8-20/h1-4,15-20H,5-12H2. The maximum atomic E-state index is 9.15. The van der Waals surface area contributed by atoms with Gasteiger partial charge in [0.1, 0.15) is 0 Å². The van der Waals surface area contributed by atoms with Crippen LogP contribution < -0.4 is 0 Å². The predicted molar refractivity (Wildman–Crippen MR) is 110 cm³/mol. The molecule has 0 aromatic heterocycles. The molecule has 0 unspecified atom stereocenters. The monoisotopic (exact) mass is 410 g/mol. The van der Waals surface area contributed by atoms with Crippen molar-refractivity contribution in [3.8, 4) is 0 Å². The molecule has 4 N–H and O–H groups in total. The van der Waals surface area contributed by atoms with Crippen molar-refractivity contribution in [1.82, 2.24) is 0 Å². The summed E-state index contributed by atoms with van der Waals surface area (Å²) < 4.78 is 0.292. The molecule has 0 spiro atoms. The minimum absolute atomic E-state index is 0.130. The molecule has 1 aromatic rings. The van der Waals surface area contributed by atoms with Crippen LogP contribution in [0.2, 0.25) is 0 Å². The van der Waals surface area contributed by atoms with E-state index in [2.05, 4.69) is 12.1 Å². The first-order chi connectivity index (χ1) is 11.8. The largest absolute Gasteiger partial charge is 0.396 e. The van der Waals surface area contributed by atoms with E-state index in [1.807, 2.05) is 12.1 Å². The molecule has 0 fully saturated rings. The van der Waals surface area contributed by atoms with Crippen LogP contribution in [0.3, 0.4) is 0 Å². The Hall–Kier alpha value is 0.460. The molecule has 1 aromatic carbocycles. The Kier molecular flexibility index (Phi) is 13.7. The van der Waals surface area contributed by atoms with Crippen molar-refractivity contribution in [2.24, 2.45) is 0 Å². The molecule has 0 radical (unpaired) electrons. The van der Waals surface area contributed by atoms with Gasteiger partial charge < -0.3 is 20.4 Å². The molecule has 138 valence electrons.